The molecule has 0 atom stereocenters. The standard InChI is InChI=1S/C57H43NS/c1-4-18-44(19-5-1)57(45-20-6-2-7-21-45)53-28-12-10-24-49(53)52-39-43(32-35-54(52)57)42-17-14-16-40(38-42)36-37-58(46-22-8-3-9-23-46)47-33-30-41(31-34-47)48-26-15-27-51-50-25-11-13-29-55(50)59-56(48)51/h1-9,11-23,25-35,38-39H,10,24,36-37H2. The molecule has 59 heavy (non-hydrogen) atoms. The third-order valence-electron chi connectivity index (χ3n) is 12.6. The predicted octanol–water partition coefficient (Wildman–Crippen LogP) is 15.2. The van der Waals surface area contributed by atoms with Gasteiger partial charge < -0.3 is 4.90 Å². The maximum atomic E-state index is 2.48. The molecule has 282 valence electrons. The highest BCUT2D eigenvalue weighted by molar-refractivity contribution is 7.26. The molecule has 2 heteroatoms. The zero-order valence-electron chi connectivity index (χ0n) is 32.9. The van der Waals surface area contributed by atoms with Crippen LogP contribution in [0.5, 0.6) is 0 Å². The highest BCUT2D eigenvalue weighted by atomic mass is 32.1. The number of hydrogen-bond donors (Lipinski definition) is 0. The molecule has 2 aliphatic carbocycles. The first-order valence-corrected chi connectivity index (χ1v) is 21.7. The minimum atomic E-state index is -0.338. The molecule has 0 aliphatic heterocycles. The van der Waals surface area contributed by atoms with Crippen LogP contribution in [0.3, 0.4) is 0 Å². The van der Waals surface area contributed by atoms with E-state index in [1.54, 1.807) is 0 Å². The molecule has 8 aromatic carbocycles. The Balaban J connectivity index is 0.912. The maximum absolute atomic E-state index is 2.48. The van der Waals surface area contributed by atoms with Crippen molar-refractivity contribution in [1.29, 1.82) is 0 Å². The monoisotopic (exact) mass is 773 g/mol. The predicted molar refractivity (Wildman–Crippen MR) is 252 cm³/mol. The molecule has 0 N–H and O–H groups in total. The van der Waals surface area contributed by atoms with Gasteiger partial charge in [-0.2, -0.15) is 0 Å². The van der Waals surface area contributed by atoms with Crippen molar-refractivity contribution in [3.8, 4) is 22.3 Å². The van der Waals surface area contributed by atoms with Gasteiger partial charge >= 0.3 is 0 Å². The lowest BCUT2D eigenvalue weighted by molar-refractivity contribution is 0.756. The Kier molecular flexibility index (Phi) is 8.94. The van der Waals surface area contributed by atoms with Crippen LogP contribution < -0.4 is 4.90 Å². The van der Waals surface area contributed by atoms with Gasteiger partial charge in [-0.05, 0) is 117 Å². The number of para-hydroxylation sites is 1. The van der Waals surface area contributed by atoms with Crippen LogP contribution in [-0.2, 0) is 11.8 Å². The molecule has 0 saturated heterocycles. The van der Waals surface area contributed by atoms with Gasteiger partial charge in [0.05, 0.1) is 5.41 Å². The van der Waals surface area contributed by atoms with Crippen LogP contribution >= 0.6 is 11.3 Å². The number of anilines is 2. The van der Waals surface area contributed by atoms with E-state index in [1.165, 1.54) is 92.8 Å². The lowest BCUT2D eigenvalue weighted by Crippen LogP contribution is -2.29. The largest absolute Gasteiger partial charge is 0.341 e. The fraction of sp³-hybridized carbons (Fsp3) is 0.0877. The van der Waals surface area contributed by atoms with E-state index in [4.69, 9.17) is 0 Å². The van der Waals surface area contributed by atoms with E-state index in [-0.39, 0.29) is 5.41 Å². The van der Waals surface area contributed by atoms with E-state index in [0.717, 1.165) is 25.8 Å². The van der Waals surface area contributed by atoms with Gasteiger partial charge in [0.15, 0.2) is 0 Å². The van der Waals surface area contributed by atoms with Gasteiger partial charge in [-0.25, -0.2) is 0 Å². The van der Waals surface area contributed by atoms with Crippen molar-refractivity contribution in [2.75, 3.05) is 11.4 Å². The lowest BCUT2D eigenvalue weighted by atomic mass is 9.66. The second-order valence-corrected chi connectivity index (χ2v) is 16.9. The van der Waals surface area contributed by atoms with E-state index < -0.39 is 0 Å². The molecule has 0 saturated carbocycles. The number of benzene rings is 8. The molecule has 0 bridgehead atoms. The van der Waals surface area contributed by atoms with Crippen molar-refractivity contribution >= 4 is 48.5 Å². The molecule has 11 rings (SSSR count). The summed E-state index contributed by atoms with van der Waals surface area (Å²) >= 11 is 1.89. The first kappa shape index (κ1) is 35.4. The van der Waals surface area contributed by atoms with Crippen LogP contribution in [0.15, 0.2) is 218 Å². The Morgan fingerprint density at radius 1 is 0.508 bits per heavy atom. The summed E-state index contributed by atoms with van der Waals surface area (Å²) in [4.78, 5) is 2.46. The first-order valence-electron chi connectivity index (χ1n) is 20.8. The van der Waals surface area contributed by atoms with Crippen LogP contribution in [0, 0.1) is 0 Å². The molecule has 0 amide bonds. The molecule has 1 aromatic heterocycles. The molecule has 9 aromatic rings. The normalized spacial score (nSPS) is 14.1. The zero-order chi connectivity index (χ0) is 39.2. The topological polar surface area (TPSA) is 3.24 Å². The number of allylic oxidation sites excluding steroid dienone is 4. The van der Waals surface area contributed by atoms with E-state index in [0.29, 0.717) is 0 Å². The summed E-state index contributed by atoms with van der Waals surface area (Å²) in [5.41, 5.74) is 16.8. The Labute approximate surface area is 350 Å². The molecular weight excluding hydrogens is 731 g/mol. The first-order chi connectivity index (χ1) is 29.3. The van der Waals surface area contributed by atoms with Gasteiger partial charge in [0, 0.05) is 38.1 Å². The van der Waals surface area contributed by atoms with Crippen molar-refractivity contribution in [3.05, 3.63) is 246 Å². The maximum Gasteiger partial charge on any atom is 0.0710 e. The zero-order valence-corrected chi connectivity index (χ0v) is 33.7. The van der Waals surface area contributed by atoms with Gasteiger partial charge in [-0.1, -0.05) is 176 Å². The second kappa shape index (κ2) is 14.9. The number of rotatable bonds is 9. The molecule has 1 nitrogen and oxygen atoms in total. The van der Waals surface area contributed by atoms with Crippen molar-refractivity contribution in [2.45, 2.75) is 24.7 Å². The minimum Gasteiger partial charge on any atom is -0.341 e. The fourth-order valence-corrected chi connectivity index (χ4v) is 11.1. The van der Waals surface area contributed by atoms with E-state index in [1.807, 2.05) is 11.3 Å². The smallest absolute Gasteiger partial charge is 0.0710 e. The quantitative estimate of drug-likeness (QED) is 0.141. The van der Waals surface area contributed by atoms with Gasteiger partial charge in [-0.3, -0.25) is 0 Å². The Hall–Kier alpha value is -6.74. The molecule has 1 heterocycles. The summed E-state index contributed by atoms with van der Waals surface area (Å²) in [5.74, 6) is 0. The van der Waals surface area contributed by atoms with Gasteiger partial charge in [-0.15, -0.1) is 11.3 Å². The Bertz CT molecular complexity index is 2990. The summed E-state index contributed by atoms with van der Waals surface area (Å²) in [5, 5.41) is 2.67. The van der Waals surface area contributed by atoms with Crippen LogP contribution in [0.1, 0.15) is 40.7 Å². The van der Waals surface area contributed by atoms with E-state index >= 15 is 0 Å². The molecule has 2 aliphatic rings. The summed E-state index contributed by atoms with van der Waals surface area (Å²) in [6.45, 7) is 0.863. The Morgan fingerprint density at radius 2 is 1.15 bits per heavy atom. The SMILES string of the molecule is C1=CC2=C(CC1)c1cc(-c3cccc(CCN(c4ccccc4)c4ccc(-c5cccc6c5sc5ccccc56)cc4)c3)ccc1C2(c1ccccc1)c1ccccc1. The van der Waals surface area contributed by atoms with Crippen molar-refractivity contribution < 1.29 is 0 Å². The second-order valence-electron chi connectivity index (χ2n) is 15.8. The summed E-state index contributed by atoms with van der Waals surface area (Å²) < 4.78 is 2.69. The van der Waals surface area contributed by atoms with E-state index in [2.05, 4.69) is 217 Å². The van der Waals surface area contributed by atoms with Crippen molar-refractivity contribution in [1.82, 2.24) is 0 Å². The average molecular weight is 774 g/mol. The van der Waals surface area contributed by atoms with Gasteiger partial charge in [0.25, 0.3) is 0 Å². The van der Waals surface area contributed by atoms with Crippen molar-refractivity contribution in [2.24, 2.45) is 0 Å². The minimum absolute atomic E-state index is 0.338. The summed E-state index contributed by atoms with van der Waals surface area (Å²) in [6, 6.07) is 74.2. The number of fused-ring (bicyclic) bond motifs is 5. The fourth-order valence-electron chi connectivity index (χ4n) is 9.86. The average Bonchev–Trinajstić information content (AvgIpc) is 3.84. The lowest BCUT2D eigenvalue weighted by Gasteiger charge is -2.35. The number of hydrogen-bond acceptors (Lipinski definition) is 2. The summed E-state index contributed by atoms with van der Waals surface area (Å²) in [6.07, 6.45) is 7.83. The highest BCUT2D eigenvalue weighted by Gasteiger charge is 2.47. The Morgan fingerprint density at radius 3 is 1.93 bits per heavy atom. The number of nitrogens with zero attached hydrogens (tertiary/aromatic N) is 1. The third-order valence-corrected chi connectivity index (χ3v) is 13.8. The van der Waals surface area contributed by atoms with Crippen LogP contribution in [0.25, 0.3) is 48.0 Å². The summed E-state index contributed by atoms with van der Waals surface area (Å²) in [7, 11) is 0. The van der Waals surface area contributed by atoms with Crippen LogP contribution in [-0.4, -0.2) is 6.54 Å². The van der Waals surface area contributed by atoms with Gasteiger partial charge in [0.1, 0.15) is 0 Å². The molecule has 0 radical (unpaired) electrons. The molecule has 0 spiro atoms. The molecule has 0 unspecified atom stereocenters. The molecular formula is C57H43NS. The van der Waals surface area contributed by atoms with Crippen molar-refractivity contribution in [3.63, 3.8) is 0 Å². The van der Waals surface area contributed by atoms with Crippen LogP contribution in [0.4, 0.5) is 11.4 Å². The van der Waals surface area contributed by atoms with Crippen LogP contribution in [0.2, 0.25) is 0 Å². The third kappa shape index (κ3) is 6.06. The van der Waals surface area contributed by atoms with E-state index in [9.17, 15) is 0 Å². The number of thiophene rings is 1. The van der Waals surface area contributed by atoms with Gasteiger partial charge in [0.2, 0.25) is 0 Å². The molecule has 0 fully saturated rings. The highest BCUT2D eigenvalue weighted by Crippen LogP contribution is 2.57.